The fraction of sp³-hybridized carbons (Fsp3) is 0. The van der Waals surface area contributed by atoms with Gasteiger partial charge in [0.05, 0.1) is 11.3 Å². The molecule has 0 bridgehead atoms. The van der Waals surface area contributed by atoms with Crippen LogP contribution in [0.4, 0.5) is 0 Å². The number of fused-ring (bicyclic) bond motifs is 1. The molecule has 1 aliphatic carbocycles. The van der Waals surface area contributed by atoms with E-state index in [1.807, 2.05) is 0 Å². The fourth-order valence-corrected chi connectivity index (χ4v) is 2.12. The first-order chi connectivity index (χ1) is 8.70. The molecule has 0 fully saturated rings. The monoisotopic (exact) mass is 239 g/mol. The zero-order valence-corrected chi connectivity index (χ0v) is 9.33. The summed E-state index contributed by atoms with van der Waals surface area (Å²) in [6.07, 6.45) is 6.20. The van der Waals surface area contributed by atoms with Gasteiger partial charge in [-0.1, -0.05) is 30.3 Å². The zero-order valence-electron chi connectivity index (χ0n) is 9.33. The summed E-state index contributed by atoms with van der Waals surface area (Å²) >= 11 is 0. The molecule has 0 radical (unpaired) electrons. The summed E-state index contributed by atoms with van der Waals surface area (Å²) in [4.78, 5) is 24.4. The molecule has 1 aromatic carbocycles. The lowest BCUT2D eigenvalue weighted by atomic mass is 10.1. The van der Waals surface area contributed by atoms with E-state index in [-0.39, 0.29) is 22.8 Å². The van der Waals surface area contributed by atoms with Crippen molar-refractivity contribution in [2.45, 2.75) is 0 Å². The predicted molar refractivity (Wildman–Crippen MR) is 64.0 cm³/mol. The average Bonchev–Trinajstić information content (AvgIpc) is 2.64. The van der Waals surface area contributed by atoms with Crippen LogP contribution >= 0.6 is 0 Å². The summed E-state index contributed by atoms with van der Waals surface area (Å²) in [5.74, 6) is -0.686. The van der Waals surface area contributed by atoms with Crippen LogP contribution in [-0.2, 0) is 0 Å². The molecule has 1 N–H and O–H groups in total. The van der Waals surface area contributed by atoms with Crippen molar-refractivity contribution in [3.63, 3.8) is 0 Å². The topological polar surface area (TPSA) is 57.6 Å². The van der Waals surface area contributed by atoms with E-state index in [4.69, 9.17) is 0 Å². The Kier molecular flexibility index (Phi) is 2.25. The van der Waals surface area contributed by atoms with Crippen molar-refractivity contribution in [2.24, 2.45) is 0 Å². The first-order valence-corrected chi connectivity index (χ1v) is 5.46. The third kappa shape index (κ3) is 1.36. The van der Waals surface area contributed by atoms with E-state index >= 15 is 0 Å². The molecule has 1 heterocycles. The van der Waals surface area contributed by atoms with Crippen LogP contribution in [0.2, 0.25) is 0 Å². The lowest BCUT2D eigenvalue weighted by Gasteiger charge is -2.16. The summed E-state index contributed by atoms with van der Waals surface area (Å²) in [7, 11) is 0. The zero-order chi connectivity index (χ0) is 12.7. The molecule has 0 aromatic heterocycles. The van der Waals surface area contributed by atoms with E-state index in [1.54, 1.807) is 36.4 Å². The van der Waals surface area contributed by atoms with E-state index in [2.05, 4.69) is 0 Å². The van der Waals surface area contributed by atoms with Gasteiger partial charge in [-0.05, 0) is 12.2 Å². The molecule has 0 unspecified atom stereocenters. The lowest BCUT2D eigenvalue weighted by Crippen LogP contribution is -2.18. The van der Waals surface area contributed by atoms with Crippen LogP contribution in [-0.4, -0.2) is 21.8 Å². The Balaban J connectivity index is 2.21. The first kappa shape index (κ1) is 10.7. The summed E-state index contributed by atoms with van der Waals surface area (Å²) in [6, 6.07) is 6.66. The Hall–Kier alpha value is -2.46. The Morgan fingerprint density at radius 2 is 1.56 bits per heavy atom. The van der Waals surface area contributed by atoms with Gasteiger partial charge in [0, 0.05) is 17.3 Å². The van der Waals surface area contributed by atoms with E-state index in [0.717, 1.165) is 5.06 Å². The van der Waals surface area contributed by atoms with Gasteiger partial charge in [0.25, 0.3) is 0 Å². The largest absolute Gasteiger partial charge is 0.288 e. The van der Waals surface area contributed by atoms with Gasteiger partial charge < -0.3 is 0 Å². The number of nitrogens with zero attached hydrogens (tertiary/aromatic N) is 1. The standard InChI is InChI=1S/C14H9NO3/c16-13-9-5-1-2-6-10(9)14(17)12(13)11-7-3-4-8-15(11)18/h1-8,18H. The maximum Gasteiger partial charge on any atom is 0.199 e. The number of rotatable bonds is 0. The third-order valence-corrected chi connectivity index (χ3v) is 2.97. The molecule has 2 aliphatic rings. The summed E-state index contributed by atoms with van der Waals surface area (Å²) in [5.41, 5.74) is 1.01. The van der Waals surface area contributed by atoms with Crippen LogP contribution in [0.25, 0.3) is 0 Å². The van der Waals surface area contributed by atoms with Gasteiger partial charge in [0.2, 0.25) is 0 Å². The molecular formula is C14H9NO3. The number of carbonyl (C=O) groups excluding carboxylic acids is 2. The highest BCUT2D eigenvalue weighted by Gasteiger charge is 2.36. The highest BCUT2D eigenvalue weighted by Crippen LogP contribution is 2.30. The summed E-state index contributed by atoms with van der Waals surface area (Å²) in [6.45, 7) is 0. The number of carbonyl (C=O) groups is 2. The summed E-state index contributed by atoms with van der Waals surface area (Å²) in [5, 5.41) is 10.5. The molecule has 0 spiro atoms. The van der Waals surface area contributed by atoms with Crippen molar-refractivity contribution in [1.29, 1.82) is 0 Å². The number of Topliss-reactive ketones (excluding diaryl/α,β-unsaturated/α-hetero) is 2. The minimum Gasteiger partial charge on any atom is -0.288 e. The highest BCUT2D eigenvalue weighted by atomic mass is 16.5. The van der Waals surface area contributed by atoms with Crippen LogP contribution in [0.3, 0.4) is 0 Å². The minimum absolute atomic E-state index is 0.0132. The maximum atomic E-state index is 12.2. The Morgan fingerprint density at radius 3 is 2.11 bits per heavy atom. The number of ketones is 2. The Bertz CT molecular complexity index is 616. The van der Waals surface area contributed by atoms with Crippen molar-refractivity contribution < 1.29 is 14.8 Å². The molecule has 4 heteroatoms. The van der Waals surface area contributed by atoms with E-state index in [1.165, 1.54) is 12.3 Å². The van der Waals surface area contributed by atoms with Gasteiger partial charge in [0.1, 0.15) is 0 Å². The molecule has 0 saturated carbocycles. The maximum absolute atomic E-state index is 12.2. The SMILES string of the molecule is O=C1C(=C2C=CC=CN2O)C(=O)c2ccccc21. The molecule has 3 rings (SSSR count). The van der Waals surface area contributed by atoms with Crippen LogP contribution < -0.4 is 0 Å². The van der Waals surface area contributed by atoms with Crippen molar-refractivity contribution in [3.8, 4) is 0 Å². The quantitative estimate of drug-likeness (QED) is 0.556. The molecule has 18 heavy (non-hydrogen) atoms. The summed E-state index contributed by atoms with van der Waals surface area (Å²) < 4.78 is 0. The predicted octanol–water partition coefficient (Wildman–Crippen LogP) is 2.09. The molecule has 1 aromatic rings. The van der Waals surface area contributed by atoms with Gasteiger partial charge in [-0.25, -0.2) is 5.06 Å². The lowest BCUT2D eigenvalue weighted by molar-refractivity contribution is -0.00141. The van der Waals surface area contributed by atoms with Gasteiger partial charge in [-0.2, -0.15) is 0 Å². The van der Waals surface area contributed by atoms with E-state index < -0.39 is 0 Å². The molecule has 0 atom stereocenters. The smallest absolute Gasteiger partial charge is 0.199 e. The Morgan fingerprint density at radius 1 is 0.944 bits per heavy atom. The van der Waals surface area contributed by atoms with E-state index in [9.17, 15) is 14.8 Å². The minimum atomic E-state index is -0.343. The van der Waals surface area contributed by atoms with Crippen LogP contribution in [0.5, 0.6) is 0 Å². The molecule has 88 valence electrons. The normalized spacial score (nSPS) is 17.7. The molecular weight excluding hydrogens is 230 g/mol. The molecule has 4 nitrogen and oxygen atoms in total. The number of benzene rings is 1. The number of hydrogen-bond acceptors (Lipinski definition) is 4. The van der Waals surface area contributed by atoms with Crippen LogP contribution in [0, 0.1) is 0 Å². The van der Waals surface area contributed by atoms with Gasteiger partial charge in [-0.3, -0.25) is 14.8 Å². The first-order valence-electron chi connectivity index (χ1n) is 5.46. The number of hydroxylamine groups is 2. The molecule has 0 amide bonds. The van der Waals surface area contributed by atoms with Crippen molar-refractivity contribution in [3.05, 3.63) is 71.1 Å². The van der Waals surface area contributed by atoms with Crippen molar-refractivity contribution in [1.82, 2.24) is 5.06 Å². The van der Waals surface area contributed by atoms with E-state index in [0.29, 0.717) is 11.1 Å². The second-order valence-electron chi connectivity index (χ2n) is 4.01. The molecule has 1 aliphatic heterocycles. The number of allylic oxidation sites excluding steroid dienone is 4. The second-order valence-corrected chi connectivity index (χ2v) is 4.01. The van der Waals surface area contributed by atoms with Gasteiger partial charge >= 0.3 is 0 Å². The Labute approximate surface area is 103 Å². The van der Waals surface area contributed by atoms with Gasteiger partial charge in [-0.15, -0.1) is 0 Å². The second kappa shape index (κ2) is 3.78. The van der Waals surface area contributed by atoms with Gasteiger partial charge in [0.15, 0.2) is 11.6 Å². The average molecular weight is 239 g/mol. The number of hydrogen-bond donors (Lipinski definition) is 1. The fourth-order valence-electron chi connectivity index (χ4n) is 2.12. The van der Waals surface area contributed by atoms with Crippen LogP contribution in [0.15, 0.2) is 60.0 Å². The van der Waals surface area contributed by atoms with Crippen LogP contribution in [0.1, 0.15) is 20.7 Å². The highest BCUT2D eigenvalue weighted by molar-refractivity contribution is 6.39. The third-order valence-electron chi connectivity index (χ3n) is 2.97. The van der Waals surface area contributed by atoms with Crippen molar-refractivity contribution in [2.75, 3.05) is 0 Å². The molecule has 0 saturated heterocycles. The van der Waals surface area contributed by atoms with Crippen molar-refractivity contribution >= 4 is 11.6 Å².